The Morgan fingerprint density at radius 2 is 1.67 bits per heavy atom. The average Bonchev–Trinajstić information content (AvgIpc) is 3.34. The smallest absolute Gasteiger partial charge is 0.303 e. The van der Waals surface area contributed by atoms with Gasteiger partial charge >= 0.3 is 10.2 Å². The second-order valence-electron chi connectivity index (χ2n) is 14.0. The molecule has 2 unspecified atom stereocenters. The number of likely N-dealkylation sites (N-methyl/N-ethyl adjacent to an activating group) is 1. The quantitative estimate of drug-likeness (QED) is 0.446. The Morgan fingerprint density at radius 3 is 2.39 bits per heavy atom. The van der Waals surface area contributed by atoms with E-state index in [1.807, 2.05) is 18.2 Å². The lowest BCUT2D eigenvalue weighted by Gasteiger charge is -2.51. The summed E-state index contributed by atoms with van der Waals surface area (Å²) in [6.45, 7) is 3.89. The van der Waals surface area contributed by atoms with Crippen LogP contribution in [0.1, 0.15) is 78.3 Å². The minimum atomic E-state index is -4.04. The zero-order chi connectivity index (χ0) is 31.8. The van der Waals surface area contributed by atoms with Crippen LogP contribution in [0.4, 0.5) is 0 Å². The van der Waals surface area contributed by atoms with E-state index in [4.69, 9.17) is 4.74 Å². The molecule has 3 fully saturated rings. The first kappa shape index (κ1) is 30.0. The number of fused-ring (bicyclic) bond motifs is 10. The van der Waals surface area contributed by atoms with Crippen LogP contribution in [0, 0.1) is 5.41 Å². The van der Waals surface area contributed by atoms with Gasteiger partial charge in [-0.3, -0.25) is 14.5 Å². The van der Waals surface area contributed by atoms with Gasteiger partial charge in [-0.1, -0.05) is 25.3 Å². The molecule has 2 aliphatic carbocycles. The summed E-state index contributed by atoms with van der Waals surface area (Å²) in [5, 5.41) is 1.09. The fourth-order valence-electron chi connectivity index (χ4n) is 8.98. The highest BCUT2D eigenvalue weighted by atomic mass is 32.2. The summed E-state index contributed by atoms with van der Waals surface area (Å²) in [7, 11) is -0.844. The van der Waals surface area contributed by atoms with Gasteiger partial charge in [0, 0.05) is 80.8 Å². The standard InChI is InChI=1S/C35H43N5O5S/c1-37-14-15-38-16-18-39(19-17-38)34(42)35-13-12-29(35)28-21-25(45-2)9-11-26(28)32-31(23-6-4-3-5-7-23)27-10-8-24(20-30(27)40(32)22-35)33(41)36-46(37,43)44/h8-11,20-21,23,29H,3-7,12-19,22H2,1-2H3,(H,36,41). The van der Waals surface area contributed by atoms with E-state index in [0.29, 0.717) is 50.7 Å². The number of carbonyl (C=O) groups is 2. The predicted octanol–water partition coefficient (Wildman–Crippen LogP) is 4.31. The number of nitrogens with zero attached hydrogens (tertiary/aromatic N) is 4. The molecule has 3 aromatic rings. The van der Waals surface area contributed by atoms with E-state index in [9.17, 15) is 18.0 Å². The molecule has 2 atom stereocenters. The predicted molar refractivity (Wildman–Crippen MR) is 176 cm³/mol. The van der Waals surface area contributed by atoms with Crippen molar-refractivity contribution in [3.05, 3.63) is 53.1 Å². The molecule has 4 aliphatic heterocycles. The normalized spacial score (nSPS) is 27.2. The Bertz CT molecular complexity index is 1840. The lowest BCUT2D eigenvalue weighted by atomic mass is 9.56. The molecule has 46 heavy (non-hydrogen) atoms. The summed E-state index contributed by atoms with van der Waals surface area (Å²) in [6, 6.07) is 12.0. The first-order valence-corrected chi connectivity index (χ1v) is 18.3. The van der Waals surface area contributed by atoms with Crippen molar-refractivity contribution in [3.8, 4) is 17.0 Å². The van der Waals surface area contributed by atoms with Crippen molar-refractivity contribution in [1.29, 1.82) is 0 Å². The molecule has 6 bridgehead atoms. The zero-order valence-electron chi connectivity index (χ0n) is 26.8. The lowest BCUT2D eigenvalue weighted by Crippen LogP contribution is -2.58. The molecule has 0 radical (unpaired) electrons. The van der Waals surface area contributed by atoms with Crippen molar-refractivity contribution >= 4 is 32.9 Å². The second kappa shape index (κ2) is 11.1. The Morgan fingerprint density at radius 1 is 0.913 bits per heavy atom. The monoisotopic (exact) mass is 645 g/mol. The molecular formula is C35H43N5O5S. The maximum atomic E-state index is 14.9. The Labute approximate surface area is 270 Å². The van der Waals surface area contributed by atoms with Crippen LogP contribution < -0.4 is 9.46 Å². The number of hydrogen-bond donors (Lipinski definition) is 1. The van der Waals surface area contributed by atoms with Gasteiger partial charge < -0.3 is 14.2 Å². The van der Waals surface area contributed by atoms with Gasteiger partial charge in [0.2, 0.25) is 5.91 Å². The van der Waals surface area contributed by atoms with Crippen molar-refractivity contribution in [3.63, 3.8) is 0 Å². The number of aromatic nitrogens is 1. The molecule has 2 amide bonds. The zero-order valence-corrected chi connectivity index (χ0v) is 27.6. The number of ether oxygens (including phenoxy) is 1. The van der Waals surface area contributed by atoms with Gasteiger partial charge in [0.15, 0.2) is 0 Å². The number of benzene rings is 2. The van der Waals surface area contributed by atoms with E-state index in [1.54, 1.807) is 13.2 Å². The maximum Gasteiger partial charge on any atom is 0.303 e. The van der Waals surface area contributed by atoms with E-state index < -0.39 is 21.5 Å². The van der Waals surface area contributed by atoms with Gasteiger partial charge in [-0.25, -0.2) is 4.72 Å². The van der Waals surface area contributed by atoms with Crippen molar-refractivity contribution in [2.24, 2.45) is 5.41 Å². The van der Waals surface area contributed by atoms with Crippen LogP contribution in [-0.4, -0.2) is 92.3 Å². The van der Waals surface area contributed by atoms with Gasteiger partial charge in [-0.15, -0.1) is 0 Å². The number of amides is 2. The van der Waals surface area contributed by atoms with Crippen molar-refractivity contribution < 1.29 is 22.7 Å². The number of carbonyl (C=O) groups excluding carboxylic acids is 2. The molecule has 1 saturated heterocycles. The van der Waals surface area contributed by atoms with Crippen LogP contribution in [0.5, 0.6) is 5.75 Å². The topological polar surface area (TPSA) is 104 Å². The summed E-state index contributed by atoms with van der Waals surface area (Å²) in [5.41, 5.74) is 5.34. The van der Waals surface area contributed by atoms with Crippen LogP contribution in [0.15, 0.2) is 36.4 Å². The van der Waals surface area contributed by atoms with Crippen LogP contribution >= 0.6 is 0 Å². The molecule has 5 heterocycles. The SMILES string of the molecule is COc1ccc2c(c1)C1CCC13Cn1c-2c(C2CCCCC2)c2ccc(cc21)C(=O)NS(=O)(=O)N(C)CCN1CCN(CC1)C3=O. The van der Waals surface area contributed by atoms with Crippen LogP contribution in [-0.2, 0) is 21.5 Å². The molecule has 6 aliphatic rings. The third-order valence-corrected chi connectivity index (χ3v) is 13.2. The number of rotatable bonds is 2. The minimum absolute atomic E-state index is 0.0599. The molecule has 1 N–H and O–H groups in total. The van der Waals surface area contributed by atoms with E-state index in [0.717, 1.165) is 53.6 Å². The molecule has 9 rings (SSSR count). The molecule has 10 nitrogen and oxygen atoms in total. The molecule has 244 valence electrons. The van der Waals surface area contributed by atoms with Gasteiger partial charge in [0.1, 0.15) is 5.75 Å². The highest BCUT2D eigenvalue weighted by Gasteiger charge is 2.57. The third kappa shape index (κ3) is 4.60. The average molecular weight is 646 g/mol. The van der Waals surface area contributed by atoms with E-state index in [1.165, 1.54) is 41.7 Å². The van der Waals surface area contributed by atoms with Gasteiger partial charge in [-0.2, -0.15) is 12.7 Å². The van der Waals surface area contributed by atoms with E-state index >= 15 is 0 Å². The summed E-state index contributed by atoms with van der Waals surface area (Å²) < 4.78 is 38.0. The molecule has 1 spiro atoms. The Kier molecular flexibility index (Phi) is 7.22. The van der Waals surface area contributed by atoms with Crippen molar-refractivity contribution in [1.82, 2.24) is 23.4 Å². The highest BCUT2D eigenvalue weighted by Crippen LogP contribution is 2.61. The first-order valence-electron chi connectivity index (χ1n) is 16.8. The molecule has 1 aromatic heterocycles. The number of piperazine rings is 1. The maximum absolute atomic E-state index is 14.9. The van der Waals surface area contributed by atoms with E-state index in [-0.39, 0.29) is 18.4 Å². The molecule has 2 saturated carbocycles. The van der Waals surface area contributed by atoms with Gasteiger partial charge in [-0.05, 0) is 73.1 Å². The van der Waals surface area contributed by atoms with E-state index in [2.05, 4.69) is 31.2 Å². The number of methoxy groups -OCH3 is 1. The fraction of sp³-hybridized carbons (Fsp3) is 0.543. The van der Waals surface area contributed by atoms with Crippen molar-refractivity contribution in [2.45, 2.75) is 63.3 Å². The number of hydrogen-bond acceptors (Lipinski definition) is 6. The van der Waals surface area contributed by atoms with Crippen LogP contribution in [0.3, 0.4) is 0 Å². The van der Waals surface area contributed by atoms with Crippen LogP contribution in [0.25, 0.3) is 22.2 Å². The first-order chi connectivity index (χ1) is 22.2. The Balaban J connectivity index is 1.39. The highest BCUT2D eigenvalue weighted by molar-refractivity contribution is 7.87. The van der Waals surface area contributed by atoms with Gasteiger partial charge in [0.25, 0.3) is 5.91 Å². The molecule has 11 heteroatoms. The summed E-state index contributed by atoms with van der Waals surface area (Å²) in [6.07, 6.45) is 7.52. The minimum Gasteiger partial charge on any atom is -0.497 e. The molecular weight excluding hydrogens is 602 g/mol. The molecule has 2 aromatic carbocycles. The van der Waals surface area contributed by atoms with Crippen molar-refractivity contribution in [2.75, 3.05) is 53.4 Å². The third-order valence-electron chi connectivity index (χ3n) is 11.7. The largest absolute Gasteiger partial charge is 0.497 e. The fourth-order valence-corrected chi connectivity index (χ4v) is 9.81. The van der Waals surface area contributed by atoms with Crippen LogP contribution in [0.2, 0.25) is 0 Å². The summed E-state index contributed by atoms with van der Waals surface area (Å²) >= 11 is 0. The number of nitrogens with one attached hydrogen (secondary N) is 1. The Hall–Kier alpha value is -3.41. The summed E-state index contributed by atoms with van der Waals surface area (Å²) in [5.74, 6) is 0.786. The lowest BCUT2D eigenvalue weighted by molar-refractivity contribution is -0.152. The summed E-state index contributed by atoms with van der Waals surface area (Å²) in [4.78, 5) is 32.7. The second-order valence-corrected chi connectivity index (χ2v) is 15.8. The van der Waals surface area contributed by atoms with Gasteiger partial charge in [0.05, 0.1) is 18.2 Å².